The van der Waals surface area contributed by atoms with Crippen LogP contribution in [0, 0.1) is 6.92 Å². The highest BCUT2D eigenvalue weighted by Gasteiger charge is 2.03. The van der Waals surface area contributed by atoms with Crippen LogP contribution in [0.4, 0.5) is 5.69 Å². The van der Waals surface area contributed by atoms with Crippen LogP contribution in [0.15, 0.2) is 18.5 Å². The van der Waals surface area contributed by atoms with Gasteiger partial charge in [0.1, 0.15) is 0 Å². The van der Waals surface area contributed by atoms with Gasteiger partial charge in [-0.3, -0.25) is 9.36 Å². The molecule has 0 spiro atoms. The summed E-state index contributed by atoms with van der Waals surface area (Å²) in [5.74, 6) is 0. The summed E-state index contributed by atoms with van der Waals surface area (Å²) in [6, 6.07) is 2.02. The van der Waals surface area contributed by atoms with Crippen LogP contribution in [0.5, 0.6) is 0 Å². The van der Waals surface area contributed by atoms with Gasteiger partial charge in [0.05, 0.1) is 23.3 Å². The standard InChI is InChI=1S/C10H15N5/c1-8-10(11)7-12-15(8)6-4-9-3-5-14(2)13-9/h3,5,7H,4,6,11H2,1-2H3. The number of nitrogens with zero attached hydrogens (tertiary/aromatic N) is 4. The summed E-state index contributed by atoms with van der Waals surface area (Å²) < 4.78 is 3.71. The molecular weight excluding hydrogens is 190 g/mol. The van der Waals surface area contributed by atoms with Crippen molar-refractivity contribution in [2.24, 2.45) is 7.05 Å². The summed E-state index contributed by atoms with van der Waals surface area (Å²) in [5, 5.41) is 8.50. The molecule has 0 unspecified atom stereocenters. The fourth-order valence-corrected chi connectivity index (χ4v) is 1.50. The minimum absolute atomic E-state index is 0.746. The molecule has 0 atom stereocenters. The van der Waals surface area contributed by atoms with E-state index in [-0.39, 0.29) is 0 Å². The highest BCUT2D eigenvalue weighted by Crippen LogP contribution is 2.09. The Hall–Kier alpha value is -1.78. The zero-order valence-electron chi connectivity index (χ0n) is 9.01. The van der Waals surface area contributed by atoms with E-state index in [0.29, 0.717) is 0 Å². The van der Waals surface area contributed by atoms with E-state index in [0.717, 1.165) is 30.0 Å². The second kappa shape index (κ2) is 3.76. The predicted octanol–water partition coefficient (Wildman–Crippen LogP) is 0.750. The SMILES string of the molecule is Cc1c(N)cnn1CCc1ccn(C)n1. The highest BCUT2D eigenvalue weighted by molar-refractivity contribution is 5.39. The van der Waals surface area contributed by atoms with Crippen LogP contribution in [0.3, 0.4) is 0 Å². The molecule has 0 amide bonds. The van der Waals surface area contributed by atoms with Crippen LogP contribution >= 0.6 is 0 Å². The van der Waals surface area contributed by atoms with Crippen molar-refractivity contribution in [2.45, 2.75) is 19.9 Å². The van der Waals surface area contributed by atoms with Crippen molar-refractivity contribution in [3.63, 3.8) is 0 Å². The molecule has 2 rings (SSSR count). The van der Waals surface area contributed by atoms with Crippen LogP contribution in [0.25, 0.3) is 0 Å². The number of aromatic nitrogens is 4. The first-order valence-corrected chi connectivity index (χ1v) is 4.93. The maximum Gasteiger partial charge on any atom is 0.0730 e. The number of anilines is 1. The van der Waals surface area contributed by atoms with Gasteiger partial charge in [-0.2, -0.15) is 10.2 Å². The average molecular weight is 205 g/mol. The lowest BCUT2D eigenvalue weighted by molar-refractivity contribution is 0.587. The minimum atomic E-state index is 0.746. The molecule has 0 aromatic carbocycles. The molecule has 2 heterocycles. The highest BCUT2D eigenvalue weighted by atomic mass is 15.3. The lowest BCUT2D eigenvalue weighted by Crippen LogP contribution is -2.06. The molecule has 0 aliphatic rings. The van der Waals surface area contributed by atoms with Gasteiger partial charge in [0.25, 0.3) is 0 Å². The topological polar surface area (TPSA) is 61.7 Å². The minimum Gasteiger partial charge on any atom is -0.396 e. The van der Waals surface area contributed by atoms with E-state index in [2.05, 4.69) is 10.2 Å². The second-order valence-electron chi connectivity index (χ2n) is 3.64. The Bertz CT molecular complexity index is 454. The summed E-state index contributed by atoms with van der Waals surface area (Å²) in [4.78, 5) is 0. The van der Waals surface area contributed by atoms with Gasteiger partial charge in [0.15, 0.2) is 0 Å². The van der Waals surface area contributed by atoms with Crippen molar-refractivity contribution in [3.8, 4) is 0 Å². The van der Waals surface area contributed by atoms with Gasteiger partial charge in [-0.15, -0.1) is 0 Å². The Labute approximate surface area is 88.5 Å². The van der Waals surface area contributed by atoms with Gasteiger partial charge in [0, 0.05) is 26.2 Å². The molecule has 80 valence electrons. The predicted molar refractivity (Wildman–Crippen MR) is 58.3 cm³/mol. The molecular formula is C10H15N5. The second-order valence-corrected chi connectivity index (χ2v) is 3.64. The number of rotatable bonds is 3. The third-order valence-corrected chi connectivity index (χ3v) is 2.49. The first-order valence-electron chi connectivity index (χ1n) is 4.93. The zero-order chi connectivity index (χ0) is 10.8. The maximum atomic E-state index is 5.71. The van der Waals surface area contributed by atoms with E-state index < -0.39 is 0 Å². The van der Waals surface area contributed by atoms with Gasteiger partial charge in [-0.1, -0.05) is 0 Å². The fourth-order valence-electron chi connectivity index (χ4n) is 1.50. The molecule has 0 radical (unpaired) electrons. The Morgan fingerprint density at radius 1 is 1.47 bits per heavy atom. The van der Waals surface area contributed by atoms with E-state index in [9.17, 15) is 0 Å². The number of nitrogen functional groups attached to an aromatic ring is 1. The van der Waals surface area contributed by atoms with Crippen LogP contribution in [0.2, 0.25) is 0 Å². The quantitative estimate of drug-likeness (QED) is 0.804. The summed E-state index contributed by atoms with van der Waals surface area (Å²) in [7, 11) is 1.92. The molecule has 2 aromatic rings. The van der Waals surface area contributed by atoms with Crippen molar-refractivity contribution in [3.05, 3.63) is 29.8 Å². The van der Waals surface area contributed by atoms with Crippen LogP contribution in [-0.4, -0.2) is 19.6 Å². The fraction of sp³-hybridized carbons (Fsp3) is 0.400. The average Bonchev–Trinajstić information content (AvgIpc) is 2.74. The first-order chi connectivity index (χ1) is 7.16. The van der Waals surface area contributed by atoms with Gasteiger partial charge < -0.3 is 5.73 Å². The van der Waals surface area contributed by atoms with Crippen molar-refractivity contribution in [2.75, 3.05) is 5.73 Å². The van der Waals surface area contributed by atoms with Gasteiger partial charge >= 0.3 is 0 Å². The van der Waals surface area contributed by atoms with E-state index in [1.54, 1.807) is 10.9 Å². The lowest BCUT2D eigenvalue weighted by Gasteiger charge is -2.02. The Kier molecular flexibility index (Phi) is 2.45. The Morgan fingerprint density at radius 3 is 2.80 bits per heavy atom. The maximum absolute atomic E-state index is 5.71. The number of nitrogens with two attached hydrogens (primary N) is 1. The monoisotopic (exact) mass is 205 g/mol. The summed E-state index contributed by atoms with van der Waals surface area (Å²) >= 11 is 0. The molecule has 5 nitrogen and oxygen atoms in total. The normalized spacial score (nSPS) is 10.8. The molecule has 5 heteroatoms. The molecule has 0 saturated carbocycles. The van der Waals surface area contributed by atoms with Crippen LogP contribution < -0.4 is 5.73 Å². The lowest BCUT2D eigenvalue weighted by atomic mass is 10.3. The van der Waals surface area contributed by atoms with E-state index in [1.807, 2.05) is 30.9 Å². The summed E-state index contributed by atoms with van der Waals surface area (Å²) in [6.45, 7) is 2.79. The molecule has 2 N–H and O–H groups in total. The van der Waals surface area contributed by atoms with Gasteiger partial charge in [0.2, 0.25) is 0 Å². The molecule has 0 aliphatic heterocycles. The number of hydrogen-bond donors (Lipinski definition) is 1. The molecule has 2 aromatic heterocycles. The van der Waals surface area contributed by atoms with E-state index in [4.69, 9.17) is 5.73 Å². The Morgan fingerprint density at radius 2 is 2.27 bits per heavy atom. The van der Waals surface area contributed by atoms with Crippen LogP contribution in [-0.2, 0) is 20.0 Å². The van der Waals surface area contributed by atoms with Crippen LogP contribution in [0.1, 0.15) is 11.4 Å². The summed E-state index contributed by atoms with van der Waals surface area (Å²) in [6.07, 6.45) is 4.51. The smallest absolute Gasteiger partial charge is 0.0730 e. The molecule has 0 aliphatic carbocycles. The third kappa shape index (κ3) is 2.01. The molecule has 0 bridgehead atoms. The number of hydrogen-bond acceptors (Lipinski definition) is 3. The van der Waals surface area contributed by atoms with Gasteiger partial charge in [-0.05, 0) is 13.0 Å². The molecule has 0 fully saturated rings. The molecule has 15 heavy (non-hydrogen) atoms. The third-order valence-electron chi connectivity index (χ3n) is 2.49. The van der Waals surface area contributed by atoms with E-state index >= 15 is 0 Å². The Balaban J connectivity index is 2.02. The largest absolute Gasteiger partial charge is 0.396 e. The van der Waals surface area contributed by atoms with Crippen molar-refractivity contribution in [1.29, 1.82) is 0 Å². The van der Waals surface area contributed by atoms with Crippen molar-refractivity contribution < 1.29 is 0 Å². The van der Waals surface area contributed by atoms with Gasteiger partial charge in [-0.25, -0.2) is 0 Å². The van der Waals surface area contributed by atoms with Crippen molar-refractivity contribution >= 4 is 5.69 Å². The summed E-state index contributed by atoms with van der Waals surface area (Å²) in [5.41, 5.74) is 8.55. The number of aryl methyl sites for hydroxylation is 3. The molecule has 0 saturated heterocycles. The zero-order valence-corrected chi connectivity index (χ0v) is 9.01. The van der Waals surface area contributed by atoms with E-state index in [1.165, 1.54) is 0 Å². The first kappa shape index (κ1) is 9.76. The van der Waals surface area contributed by atoms with Crippen molar-refractivity contribution in [1.82, 2.24) is 19.6 Å².